The van der Waals surface area contributed by atoms with Gasteiger partial charge in [-0.15, -0.1) is 24.0 Å². The number of nitrogens with one attached hydrogen (secondary N) is 2. The fraction of sp³-hybridized carbons (Fsp3) is 0.500. The zero-order valence-electron chi connectivity index (χ0n) is 19.1. The molecule has 2 aromatic rings. The van der Waals surface area contributed by atoms with Gasteiger partial charge in [-0.3, -0.25) is 9.48 Å². The normalized spacial score (nSPS) is 13.2. The molecule has 9 heteroatoms. The van der Waals surface area contributed by atoms with E-state index < -0.39 is 5.60 Å². The van der Waals surface area contributed by atoms with Crippen molar-refractivity contribution < 1.29 is 9.90 Å². The van der Waals surface area contributed by atoms with E-state index in [0.29, 0.717) is 44.2 Å². The number of rotatable bonds is 9. The summed E-state index contributed by atoms with van der Waals surface area (Å²) in [5, 5.41) is 21.2. The van der Waals surface area contributed by atoms with Gasteiger partial charge in [0, 0.05) is 44.0 Å². The number of aliphatic hydroxyl groups is 1. The third-order valence-electron chi connectivity index (χ3n) is 4.94. The number of aromatic nitrogens is 2. The van der Waals surface area contributed by atoms with Crippen molar-refractivity contribution in [2.45, 2.75) is 39.8 Å². The number of carbonyl (C=O) groups is 1. The molecule has 0 aliphatic carbocycles. The first-order chi connectivity index (χ1) is 14.3. The van der Waals surface area contributed by atoms with Gasteiger partial charge >= 0.3 is 0 Å². The molecule has 0 radical (unpaired) electrons. The van der Waals surface area contributed by atoms with Crippen LogP contribution in [0.3, 0.4) is 0 Å². The van der Waals surface area contributed by atoms with Crippen molar-refractivity contribution in [1.29, 1.82) is 0 Å². The largest absolute Gasteiger partial charge is 0.383 e. The maximum Gasteiger partial charge on any atom is 0.253 e. The van der Waals surface area contributed by atoms with E-state index >= 15 is 0 Å². The Balaban J connectivity index is 0.00000480. The van der Waals surface area contributed by atoms with E-state index in [0.717, 1.165) is 11.1 Å². The minimum absolute atomic E-state index is 0. The molecule has 31 heavy (non-hydrogen) atoms. The molecule has 0 aliphatic rings. The first kappa shape index (κ1) is 26.9. The van der Waals surface area contributed by atoms with Crippen molar-refractivity contribution in [2.24, 2.45) is 12.0 Å². The molecule has 1 heterocycles. The summed E-state index contributed by atoms with van der Waals surface area (Å²) in [5.41, 5.74) is 1.35. The summed E-state index contributed by atoms with van der Waals surface area (Å²) in [6.45, 7) is 10.5. The zero-order valence-corrected chi connectivity index (χ0v) is 21.4. The Morgan fingerprint density at radius 3 is 2.35 bits per heavy atom. The van der Waals surface area contributed by atoms with Crippen LogP contribution in [0.1, 0.15) is 49.2 Å². The van der Waals surface area contributed by atoms with Crippen LogP contribution < -0.4 is 10.6 Å². The molecule has 1 aromatic carbocycles. The van der Waals surface area contributed by atoms with Gasteiger partial charge in [0.25, 0.3) is 5.91 Å². The van der Waals surface area contributed by atoms with Gasteiger partial charge in [-0.05, 0) is 45.4 Å². The van der Waals surface area contributed by atoms with E-state index in [1.165, 1.54) is 0 Å². The van der Waals surface area contributed by atoms with Gasteiger partial charge in [-0.2, -0.15) is 5.10 Å². The predicted molar refractivity (Wildman–Crippen MR) is 135 cm³/mol. The molecular formula is C22H35IN6O2. The molecule has 1 unspecified atom stereocenters. The SMILES string of the molecule is CCNC(=NCc1ccc(C(=O)N(CC)CC)cc1)NCC(C)(O)c1cnn(C)c1.I. The molecule has 0 fully saturated rings. The molecule has 1 aromatic heterocycles. The van der Waals surface area contributed by atoms with Crippen molar-refractivity contribution in [3.05, 3.63) is 53.3 Å². The molecule has 3 N–H and O–H groups in total. The summed E-state index contributed by atoms with van der Waals surface area (Å²) in [5.74, 6) is 0.660. The number of halogens is 1. The van der Waals surface area contributed by atoms with Crippen LogP contribution in [-0.2, 0) is 19.2 Å². The summed E-state index contributed by atoms with van der Waals surface area (Å²) in [4.78, 5) is 18.8. The standard InChI is InChI=1S/C22H34N6O2.HI/c1-6-23-21(25-16-22(4,30)19-14-26-27(5)15-19)24-13-17-9-11-18(12-10-17)20(29)28(7-2)8-3;/h9-12,14-15,30H,6-8,13,16H2,1-5H3,(H2,23,24,25);1H. The van der Waals surface area contributed by atoms with Crippen LogP contribution in [0.15, 0.2) is 41.7 Å². The average molecular weight is 542 g/mol. The highest BCUT2D eigenvalue weighted by Gasteiger charge is 2.25. The lowest BCUT2D eigenvalue weighted by atomic mass is 10.00. The maximum absolute atomic E-state index is 12.4. The summed E-state index contributed by atoms with van der Waals surface area (Å²) in [7, 11) is 1.82. The van der Waals surface area contributed by atoms with Crippen molar-refractivity contribution in [3.63, 3.8) is 0 Å². The van der Waals surface area contributed by atoms with Crippen molar-refractivity contribution in [3.8, 4) is 0 Å². The second-order valence-electron chi connectivity index (χ2n) is 7.40. The van der Waals surface area contributed by atoms with Crippen LogP contribution in [0, 0.1) is 0 Å². The van der Waals surface area contributed by atoms with Gasteiger partial charge in [0.2, 0.25) is 0 Å². The molecule has 0 bridgehead atoms. The summed E-state index contributed by atoms with van der Waals surface area (Å²) < 4.78 is 1.66. The Morgan fingerprint density at radius 2 is 1.84 bits per heavy atom. The van der Waals surface area contributed by atoms with Crippen LogP contribution in [0.5, 0.6) is 0 Å². The second kappa shape index (κ2) is 12.7. The number of amides is 1. The third-order valence-corrected chi connectivity index (χ3v) is 4.94. The first-order valence-electron chi connectivity index (χ1n) is 10.4. The van der Waals surface area contributed by atoms with E-state index in [-0.39, 0.29) is 29.9 Å². The minimum Gasteiger partial charge on any atom is -0.383 e. The number of aryl methyl sites for hydroxylation is 1. The van der Waals surface area contributed by atoms with E-state index in [4.69, 9.17) is 0 Å². The Labute approximate surface area is 202 Å². The number of carbonyl (C=O) groups excluding carboxylic acids is 1. The van der Waals surface area contributed by atoms with Gasteiger partial charge in [0.15, 0.2) is 5.96 Å². The number of hydrogen-bond donors (Lipinski definition) is 3. The van der Waals surface area contributed by atoms with Crippen LogP contribution >= 0.6 is 24.0 Å². The quantitative estimate of drug-likeness (QED) is 0.257. The highest BCUT2D eigenvalue weighted by molar-refractivity contribution is 14.0. The summed E-state index contributed by atoms with van der Waals surface area (Å²) in [6, 6.07) is 7.54. The number of benzene rings is 1. The minimum atomic E-state index is -1.07. The summed E-state index contributed by atoms with van der Waals surface area (Å²) in [6.07, 6.45) is 3.46. The topological polar surface area (TPSA) is 94.8 Å². The molecule has 2 rings (SSSR count). The molecule has 1 amide bonds. The lowest BCUT2D eigenvalue weighted by Crippen LogP contribution is -2.44. The fourth-order valence-electron chi connectivity index (χ4n) is 3.02. The lowest BCUT2D eigenvalue weighted by molar-refractivity contribution is 0.0616. The Hall–Kier alpha value is -2.14. The third kappa shape index (κ3) is 7.80. The highest BCUT2D eigenvalue weighted by Crippen LogP contribution is 2.18. The molecule has 8 nitrogen and oxygen atoms in total. The van der Waals surface area contributed by atoms with E-state index in [1.807, 2.05) is 52.1 Å². The van der Waals surface area contributed by atoms with E-state index in [2.05, 4.69) is 20.7 Å². The molecule has 172 valence electrons. The monoisotopic (exact) mass is 542 g/mol. The van der Waals surface area contributed by atoms with Gasteiger partial charge < -0.3 is 20.6 Å². The molecule has 0 aliphatic heterocycles. The summed E-state index contributed by atoms with van der Waals surface area (Å²) >= 11 is 0. The van der Waals surface area contributed by atoms with Crippen LogP contribution in [-0.4, -0.2) is 57.8 Å². The smallest absolute Gasteiger partial charge is 0.253 e. The molecule has 1 atom stereocenters. The molecule has 0 saturated heterocycles. The van der Waals surface area contributed by atoms with Gasteiger partial charge in [-0.25, -0.2) is 4.99 Å². The second-order valence-corrected chi connectivity index (χ2v) is 7.40. The molecular weight excluding hydrogens is 507 g/mol. The Kier molecular flexibility index (Phi) is 11.0. The van der Waals surface area contributed by atoms with E-state index in [9.17, 15) is 9.90 Å². The maximum atomic E-state index is 12.4. The van der Waals surface area contributed by atoms with Crippen LogP contribution in [0.4, 0.5) is 0 Å². The molecule has 0 saturated carbocycles. The molecule has 0 spiro atoms. The van der Waals surface area contributed by atoms with Crippen LogP contribution in [0.25, 0.3) is 0 Å². The first-order valence-corrected chi connectivity index (χ1v) is 10.4. The van der Waals surface area contributed by atoms with Crippen molar-refractivity contribution in [1.82, 2.24) is 25.3 Å². The average Bonchev–Trinajstić information content (AvgIpc) is 3.18. The Morgan fingerprint density at radius 1 is 1.19 bits per heavy atom. The number of nitrogens with zero attached hydrogens (tertiary/aromatic N) is 4. The number of guanidine groups is 1. The fourth-order valence-corrected chi connectivity index (χ4v) is 3.02. The lowest BCUT2D eigenvalue weighted by Gasteiger charge is -2.23. The Bertz CT molecular complexity index is 844. The number of hydrogen-bond acceptors (Lipinski definition) is 4. The zero-order chi connectivity index (χ0) is 22.1. The van der Waals surface area contributed by atoms with Gasteiger partial charge in [0.05, 0.1) is 19.3 Å². The number of aliphatic imine (C=N–C) groups is 1. The van der Waals surface area contributed by atoms with Crippen molar-refractivity contribution >= 4 is 35.8 Å². The van der Waals surface area contributed by atoms with Gasteiger partial charge in [-0.1, -0.05) is 12.1 Å². The van der Waals surface area contributed by atoms with Crippen molar-refractivity contribution in [2.75, 3.05) is 26.2 Å². The van der Waals surface area contributed by atoms with Gasteiger partial charge in [0.1, 0.15) is 5.60 Å². The highest BCUT2D eigenvalue weighted by atomic mass is 127. The predicted octanol–water partition coefficient (Wildman–Crippen LogP) is 2.48. The van der Waals surface area contributed by atoms with E-state index in [1.54, 1.807) is 28.9 Å². The van der Waals surface area contributed by atoms with Crippen LogP contribution in [0.2, 0.25) is 0 Å².